The Hall–Kier alpha value is -4.10. The number of aliphatic hydroxyl groups is 1. The first-order valence-electron chi connectivity index (χ1n) is 21.4. The van der Waals surface area contributed by atoms with E-state index < -0.39 is 66.7 Å². The summed E-state index contributed by atoms with van der Waals surface area (Å²) in [4.78, 5) is 28.2. The molecule has 3 aromatic carbocycles. The third-order valence-electron chi connectivity index (χ3n) is 10.7. The minimum atomic E-state index is -4.09. The van der Waals surface area contributed by atoms with Gasteiger partial charge < -0.3 is 43.4 Å². The number of para-hydroxylation sites is 1. The fourth-order valence-corrected chi connectivity index (χ4v) is 10.6. The Kier molecular flexibility index (Phi) is 17.4. The lowest BCUT2D eigenvalue weighted by molar-refractivity contribution is -0.150. The molecule has 0 aromatic heterocycles. The van der Waals surface area contributed by atoms with Crippen LogP contribution in [0.3, 0.4) is 0 Å². The Morgan fingerprint density at radius 2 is 1.62 bits per heavy atom. The second-order valence-corrected chi connectivity index (χ2v) is 20.0. The number of morpholine rings is 1. The Morgan fingerprint density at radius 1 is 0.921 bits per heavy atom. The second-order valence-electron chi connectivity index (χ2n) is 16.2. The molecule has 7 atom stereocenters. The standard InChI is InChI=1S/C44H60N3O14PS/c1-5-55-42(49)32(4)60-62(51,61-36-9-7-6-8-10-36)30-58-35-15-11-33(12-16-35)25-39(45-44(50)59-41-29-57-43-38(41)19-22-56-43)40(48)28-47(26-31(2)3)63(52,53)37-17-13-34(14-18-37)27-46-20-23-54-24-21-46/h6-18,31-32,38-41,43,48H,5,19-30H2,1-4H3,(H,45,50)/t32-,38+,39+,40-,41+,43-,62?/m1/s1. The summed E-state index contributed by atoms with van der Waals surface area (Å²) in [5.41, 5.74) is 1.62. The highest BCUT2D eigenvalue weighted by Gasteiger charge is 2.44. The SMILES string of the molecule is CCOC(=O)[C@@H](C)OP(=O)(COc1ccc(C[C@H](NC(=O)O[C@H]2CO[C@H]3OCC[C@H]32)[C@H](O)CN(CC(C)C)S(=O)(=O)c2ccc(CN3CCOCC3)cc2)cc1)Oc1ccccc1. The zero-order chi connectivity index (χ0) is 45.0. The number of esters is 1. The molecule has 3 saturated heterocycles. The summed E-state index contributed by atoms with van der Waals surface area (Å²) in [6, 6.07) is 20.7. The van der Waals surface area contributed by atoms with Crippen molar-refractivity contribution in [2.45, 2.75) is 82.6 Å². The number of nitrogens with one attached hydrogen (secondary N) is 1. The van der Waals surface area contributed by atoms with Crippen LogP contribution in [-0.4, -0.2) is 131 Å². The van der Waals surface area contributed by atoms with Gasteiger partial charge >= 0.3 is 19.7 Å². The van der Waals surface area contributed by atoms with Crippen LogP contribution in [0.15, 0.2) is 83.8 Å². The van der Waals surface area contributed by atoms with Gasteiger partial charge in [-0.1, -0.05) is 56.3 Å². The van der Waals surface area contributed by atoms with Gasteiger partial charge in [-0.2, -0.15) is 4.31 Å². The summed E-state index contributed by atoms with van der Waals surface area (Å²) in [6.45, 7) is 11.0. The molecule has 6 rings (SSSR count). The fourth-order valence-electron chi connectivity index (χ4n) is 7.49. The summed E-state index contributed by atoms with van der Waals surface area (Å²) in [6.07, 6.45) is -4.20. The van der Waals surface area contributed by atoms with Crippen LogP contribution in [-0.2, 0) is 60.6 Å². The third kappa shape index (κ3) is 13.9. The molecule has 1 unspecified atom stereocenters. The zero-order valence-corrected chi connectivity index (χ0v) is 38.0. The van der Waals surface area contributed by atoms with E-state index in [0.29, 0.717) is 38.3 Å². The van der Waals surface area contributed by atoms with E-state index in [0.717, 1.165) is 18.7 Å². The first-order chi connectivity index (χ1) is 30.2. The number of hydrogen-bond donors (Lipinski definition) is 2. The van der Waals surface area contributed by atoms with E-state index in [1.54, 1.807) is 85.8 Å². The summed E-state index contributed by atoms with van der Waals surface area (Å²) < 4.78 is 88.3. The summed E-state index contributed by atoms with van der Waals surface area (Å²) in [5.74, 6) is -0.383. The summed E-state index contributed by atoms with van der Waals surface area (Å²) >= 11 is 0. The van der Waals surface area contributed by atoms with Crippen LogP contribution in [0.1, 0.15) is 45.2 Å². The molecule has 17 nitrogen and oxygen atoms in total. The maximum absolute atomic E-state index is 14.2. The Morgan fingerprint density at radius 3 is 2.30 bits per heavy atom. The van der Waals surface area contributed by atoms with Gasteiger partial charge in [-0.25, -0.2) is 22.6 Å². The molecule has 2 N–H and O–H groups in total. The van der Waals surface area contributed by atoms with Crippen molar-refractivity contribution in [3.63, 3.8) is 0 Å². The van der Waals surface area contributed by atoms with Gasteiger partial charge in [-0.05, 0) is 80.1 Å². The molecule has 3 heterocycles. The Labute approximate surface area is 369 Å². The molecule has 0 spiro atoms. The lowest BCUT2D eigenvalue weighted by atomic mass is 10.0. The largest absolute Gasteiger partial charge is 0.480 e. The van der Waals surface area contributed by atoms with Crippen LogP contribution in [0, 0.1) is 11.8 Å². The number of nitrogens with zero attached hydrogens (tertiary/aromatic N) is 2. The lowest BCUT2D eigenvalue weighted by Gasteiger charge is -2.31. The van der Waals surface area contributed by atoms with Crippen LogP contribution in [0.5, 0.6) is 11.5 Å². The smallest absolute Gasteiger partial charge is 0.417 e. The number of rotatable bonds is 22. The molecule has 3 fully saturated rings. The van der Waals surface area contributed by atoms with Gasteiger partial charge in [-0.15, -0.1) is 0 Å². The van der Waals surface area contributed by atoms with Gasteiger partial charge in [-0.3, -0.25) is 9.42 Å². The summed E-state index contributed by atoms with van der Waals surface area (Å²) in [7, 11) is -8.17. The number of benzene rings is 3. The summed E-state index contributed by atoms with van der Waals surface area (Å²) in [5, 5.41) is 14.7. The number of carbonyl (C=O) groups is 2. The van der Waals surface area contributed by atoms with Crippen molar-refractivity contribution in [1.29, 1.82) is 0 Å². The van der Waals surface area contributed by atoms with Crippen LogP contribution in [0.25, 0.3) is 0 Å². The predicted octanol–water partition coefficient (Wildman–Crippen LogP) is 5.20. The molecule has 0 bridgehead atoms. The van der Waals surface area contributed by atoms with Crippen LogP contribution >= 0.6 is 7.60 Å². The monoisotopic (exact) mass is 917 g/mol. The van der Waals surface area contributed by atoms with E-state index in [1.807, 2.05) is 13.8 Å². The molecule has 0 aliphatic carbocycles. The van der Waals surface area contributed by atoms with Crippen molar-refractivity contribution < 1.29 is 65.1 Å². The number of carbonyl (C=O) groups excluding carboxylic acids is 2. The molecule has 346 valence electrons. The maximum Gasteiger partial charge on any atom is 0.417 e. The highest BCUT2D eigenvalue weighted by Crippen LogP contribution is 2.49. The van der Waals surface area contributed by atoms with Gasteiger partial charge in [0, 0.05) is 32.7 Å². The van der Waals surface area contributed by atoms with Gasteiger partial charge in [0.1, 0.15) is 17.6 Å². The molecule has 19 heteroatoms. The molecule has 3 aliphatic heterocycles. The fraction of sp³-hybridized carbons (Fsp3) is 0.545. The number of hydrogen-bond acceptors (Lipinski definition) is 15. The van der Waals surface area contributed by atoms with Gasteiger partial charge in [0.2, 0.25) is 16.4 Å². The number of alkyl carbamates (subject to hydrolysis) is 1. The number of amides is 1. The van der Waals surface area contributed by atoms with Crippen molar-refractivity contribution in [2.24, 2.45) is 11.8 Å². The van der Waals surface area contributed by atoms with Crippen molar-refractivity contribution in [2.75, 3.05) is 65.6 Å². The van der Waals surface area contributed by atoms with E-state index in [4.69, 9.17) is 37.5 Å². The van der Waals surface area contributed by atoms with Crippen molar-refractivity contribution >= 4 is 29.7 Å². The highest BCUT2D eigenvalue weighted by atomic mass is 32.2. The number of aliphatic hydroxyl groups excluding tert-OH is 1. The van der Waals surface area contributed by atoms with Gasteiger partial charge in [0.15, 0.2) is 12.4 Å². The van der Waals surface area contributed by atoms with Gasteiger partial charge in [0.05, 0.1) is 56.0 Å². The second kappa shape index (κ2) is 22.7. The molecular weight excluding hydrogens is 858 g/mol. The number of ether oxygens (including phenoxy) is 6. The molecule has 63 heavy (non-hydrogen) atoms. The molecule has 0 saturated carbocycles. The Bertz CT molecular complexity index is 2070. The molecule has 1 amide bonds. The normalized spacial score (nSPS) is 21.5. The average Bonchev–Trinajstić information content (AvgIpc) is 3.89. The van der Waals surface area contributed by atoms with E-state index in [-0.39, 0.29) is 61.0 Å². The van der Waals surface area contributed by atoms with Crippen LogP contribution < -0.4 is 14.6 Å². The highest BCUT2D eigenvalue weighted by molar-refractivity contribution is 7.89. The topological polar surface area (TPSA) is 198 Å². The molecule has 3 aromatic rings. The van der Waals surface area contributed by atoms with E-state index >= 15 is 0 Å². The van der Waals surface area contributed by atoms with Crippen LogP contribution in [0.4, 0.5) is 4.79 Å². The average molecular weight is 918 g/mol. The van der Waals surface area contributed by atoms with Gasteiger partial charge in [0.25, 0.3) is 0 Å². The number of fused-ring (bicyclic) bond motifs is 1. The molecule has 3 aliphatic rings. The quantitative estimate of drug-likeness (QED) is 0.0985. The van der Waals surface area contributed by atoms with E-state index in [9.17, 15) is 27.7 Å². The van der Waals surface area contributed by atoms with E-state index in [1.165, 1.54) is 11.2 Å². The molecular formula is C44H60N3O14PS. The number of sulfonamides is 1. The first-order valence-corrected chi connectivity index (χ1v) is 24.6. The van der Waals surface area contributed by atoms with Crippen molar-refractivity contribution in [3.8, 4) is 11.5 Å². The predicted molar refractivity (Wildman–Crippen MR) is 231 cm³/mol. The lowest BCUT2D eigenvalue weighted by Crippen LogP contribution is -2.51. The van der Waals surface area contributed by atoms with Crippen molar-refractivity contribution in [3.05, 3.63) is 90.0 Å². The molecule has 0 radical (unpaired) electrons. The minimum Gasteiger partial charge on any atom is -0.480 e. The van der Waals surface area contributed by atoms with E-state index in [2.05, 4.69) is 10.2 Å². The van der Waals surface area contributed by atoms with Crippen molar-refractivity contribution in [1.82, 2.24) is 14.5 Å². The maximum atomic E-state index is 14.2. The minimum absolute atomic E-state index is 0.0639. The zero-order valence-electron chi connectivity index (χ0n) is 36.2. The third-order valence-corrected chi connectivity index (χ3v) is 14.2. The first kappa shape index (κ1) is 48.4. The van der Waals surface area contributed by atoms with Crippen LogP contribution in [0.2, 0.25) is 0 Å². The Balaban J connectivity index is 1.16.